The summed E-state index contributed by atoms with van der Waals surface area (Å²) in [6.45, 7) is 7.93. The van der Waals surface area contributed by atoms with Gasteiger partial charge in [-0.3, -0.25) is 18.9 Å². The van der Waals surface area contributed by atoms with E-state index in [9.17, 15) is 33.2 Å². The molecule has 0 spiro atoms. The van der Waals surface area contributed by atoms with Crippen LogP contribution in [0.25, 0.3) is 22.3 Å². The number of hydrogen-bond acceptors (Lipinski definition) is 14. The Bertz CT molecular complexity index is 2130. The molecule has 18 nitrogen and oxygen atoms in total. The van der Waals surface area contributed by atoms with Crippen LogP contribution in [-0.4, -0.2) is 76.3 Å². The highest BCUT2D eigenvalue weighted by Gasteiger charge is 2.51. The van der Waals surface area contributed by atoms with E-state index in [1.54, 1.807) is 50.5 Å². The van der Waals surface area contributed by atoms with Gasteiger partial charge in [0.1, 0.15) is 12.4 Å². The number of esters is 2. The van der Waals surface area contributed by atoms with Crippen molar-refractivity contribution in [2.24, 2.45) is 5.41 Å². The average molecular weight is 822 g/mol. The van der Waals surface area contributed by atoms with E-state index in [0.717, 1.165) is 16.5 Å². The predicted octanol–water partition coefficient (Wildman–Crippen LogP) is 3.04. The molecule has 2 aliphatic heterocycles. The molecule has 0 saturated carbocycles. The van der Waals surface area contributed by atoms with Crippen LogP contribution in [0.3, 0.4) is 0 Å². The molecule has 0 aliphatic carbocycles. The SMILES string of the molecule is CCc1c2c(nc3cc(OCC(=O)NCCCCOCC(COP(=O)(O)O)O[P+](=O)[O-])ccc13)-c1cc3c(c(=O)n1C2)COC(=O)[C@@]3(CC)OC(=O)C(C)(C)C. The third kappa shape index (κ3) is 9.69. The van der Waals surface area contributed by atoms with E-state index in [1.165, 1.54) is 0 Å². The van der Waals surface area contributed by atoms with Crippen molar-refractivity contribution in [2.75, 3.05) is 33.0 Å². The summed E-state index contributed by atoms with van der Waals surface area (Å²) in [5.41, 5.74) is 0.908. The minimum atomic E-state index is -4.82. The lowest BCUT2D eigenvalue weighted by molar-refractivity contribution is -0.194. The molecule has 3 atom stereocenters. The number of carbonyl (C=O) groups is 3. The maximum atomic E-state index is 14.0. The van der Waals surface area contributed by atoms with Crippen molar-refractivity contribution in [2.45, 2.75) is 85.2 Å². The number of cyclic esters (lactones) is 1. The summed E-state index contributed by atoms with van der Waals surface area (Å²) in [5, 5.41) is 3.59. The molecule has 5 rings (SSSR count). The van der Waals surface area contributed by atoms with Crippen LogP contribution in [0.15, 0.2) is 29.1 Å². The third-order valence-electron chi connectivity index (χ3n) is 9.35. The number of nitrogens with one attached hydrogen (secondary N) is 1. The van der Waals surface area contributed by atoms with Crippen molar-refractivity contribution in [1.82, 2.24) is 14.9 Å². The van der Waals surface area contributed by atoms with Crippen LogP contribution in [-0.2, 0) is 71.9 Å². The van der Waals surface area contributed by atoms with Gasteiger partial charge < -0.3 is 43.5 Å². The molecule has 3 aromatic rings. The first-order valence-corrected chi connectivity index (χ1v) is 20.6. The zero-order valence-corrected chi connectivity index (χ0v) is 33.4. The number of amides is 1. The van der Waals surface area contributed by atoms with E-state index in [0.29, 0.717) is 48.5 Å². The van der Waals surface area contributed by atoms with Gasteiger partial charge in [-0.2, -0.15) is 0 Å². The Morgan fingerprint density at radius 2 is 1.89 bits per heavy atom. The third-order valence-corrected chi connectivity index (χ3v) is 10.3. The van der Waals surface area contributed by atoms with Crippen LogP contribution in [0, 0.1) is 5.41 Å². The molecular weight excluding hydrogens is 776 g/mol. The van der Waals surface area contributed by atoms with Crippen LogP contribution in [0.2, 0.25) is 0 Å². The molecule has 20 heteroatoms. The Labute approximate surface area is 323 Å². The molecule has 0 bridgehead atoms. The van der Waals surface area contributed by atoms with Gasteiger partial charge in [0.2, 0.25) is 5.60 Å². The van der Waals surface area contributed by atoms with Gasteiger partial charge in [-0.05, 0) is 74.8 Å². The number of unbranched alkanes of at least 4 members (excludes halogenated alkanes) is 1. The quantitative estimate of drug-likeness (QED) is 0.0741. The van der Waals surface area contributed by atoms with Crippen LogP contribution in [0.1, 0.15) is 76.1 Å². The molecule has 2 aromatic heterocycles. The van der Waals surface area contributed by atoms with Crippen LogP contribution < -0.4 is 20.5 Å². The second-order valence-corrected chi connectivity index (χ2v) is 16.2. The first kappa shape index (κ1) is 43.0. The number of hydrogen-bond donors (Lipinski definition) is 3. The fourth-order valence-electron chi connectivity index (χ4n) is 6.49. The fourth-order valence-corrected chi connectivity index (χ4v) is 7.22. The van der Waals surface area contributed by atoms with Crippen LogP contribution >= 0.6 is 16.1 Å². The van der Waals surface area contributed by atoms with Crippen molar-refractivity contribution in [3.63, 3.8) is 0 Å². The van der Waals surface area contributed by atoms with Gasteiger partial charge in [0.05, 0.1) is 47.6 Å². The Morgan fingerprint density at radius 1 is 1.14 bits per heavy atom. The van der Waals surface area contributed by atoms with E-state index in [2.05, 4.69) is 14.4 Å². The minimum Gasteiger partial charge on any atom is -0.566 e. The predicted molar refractivity (Wildman–Crippen MR) is 196 cm³/mol. The van der Waals surface area contributed by atoms with Gasteiger partial charge in [0.15, 0.2) is 12.7 Å². The Kier molecular flexibility index (Phi) is 13.5. The molecule has 3 N–H and O–H groups in total. The van der Waals surface area contributed by atoms with Gasteiger partial charge >= 0.3 is 28.0 Å². The zero-order valence-electron chi connectivity index (χ0n) is 31.7. The van der Waals surface area contributed by atoms with Crippen molar-refractivity contribution in [3.05, 3.63) is 56.9 Å². The van der Waals surface area contributed by atoms with Crippen molar-refractivity contribution >= 4 is 44.8 Å². The van der Waals surface area contributed by atoms with E-state index < -0.39 is 51.7 Å². The highest BCUT2D eigenvalue weighted by Crippen LogP contribution is 2.43. The molecule has 0 fully saturated rings. The smallest absolute Gasteiger partial charge is 0.488 e. The molecule has 2 aliphatic rings. The highest BCUT2D eigenvalue weighted by molar-refractivity contribution is 7.46. The number of aromatic nitrogens is 2. The largest absolute Gasteiger partial charge is 0.566 e. The summed E-state index contributed by atoms with van der Waals surface area (Å²) in [6, 6.07) is 7.02. The normalized spacial score (nSPS) is 17.1. The maximum Gasteiger partial charge on any atom is 0.488 e. The van der Waals surface area contributed by atoms with E-state index >= 15 is 0 Å². The molecule has 0 saturated heterocycles. The molecule has 4 heterocycles. The minimum absolute atomic E-state index is 0.0538. The first-order valence-electron chi connectivity index (χ1n) is 18.0. The number of rotatable bonds is 18. The van der Waals surface area contributed by atoms with Crippen molar-refractivity contribution in [3.8, 4) is 17.1 Å². The number of pyridine rings is 2. The second kappa shape index (κ2) is 17.6. The summed E-state index contributed by atoms with van der Waals surface area (Å²) >= 11 is 0. The summed E-state index contributed by atoms with van der Waals surface area (Å²) in [4.78, 5) is 86.4. The van der Waals surface area contributed by atoms with Crippen LogP contribution in [0.5, 0.6) is 5.75 Å². The van der Waals surface area contributed by atoms with E-state index in [-0.39, 0.29) is 62.0 Å². The molecule has 1 amide bonds. The fraction of sp³-hybridized carbons (Fsp3) is 0.528. The van der Waals surface area contributed by atoms with Gasteiger partial charge in [0.25, 0.3) is 11.5 Å². The summed E-state index contributed by atoms with van der Waals surface area (Å²) in [5.74, 6) is -1.34. The number of aryl methyl sites for hydroxylation is 1. The van der Waals surface area contributed by atoms with Crippen molar-refractivity contribution in [1.29, 1.82) is 0 Å². The zero-order chi connectivity index (χ0) is 41.0. The maximum absolute atomic E-state index is 14.0. The number of fused-ring (bicyclic) bond motifs is 5. The van der Waals surface area contributed by atoms with E-state index in [1.807, 2.05) is 13.0 Å². The topological polar surface area (TPSA) is 251 Å². The average Bonchev–Trinajstić information content (AvgIpc) is 3.49. The molecule has 304 valence electrons. The second-order valence-electron chi connectivity index (χ2n) is 14.3. The number of ether oxygens (including phenoxy) is 4. The molecule has 2 unspecified atom stereocenters. The van der Waals surface area contributed by atoms with Crippen LogP contribution in [0.4, 0.5) is 0 Å². The number of nitrogens with zero attached hydrogens (tertiary/aromatic N) is 2. The lowest BCUT2D eigenvalue weighted by Crippen LogP contribution is -2.48. The van der Waals surface area contributed by atoms with Crippen molar-refractivity contribution < 1.29 is 66.2 Å². The Morgan fingerprint density at radius 3 is 2.55 bits per heavy atom. The molecule has 1 aromatic carbocycles. The molecular formula is C36H45N3O15P2. The number of phosphoric ester groups is 1. The highest BCUT2D eigenvalue weighted by atomic mass is 31.2. The summed E-state index contributed by atoms with van der Waals surface area (Å²) < 4.78 is 54.6. The van der Waals surface area contributed by atoms with E-state index in [4.69, 9.17) is 33.7 Å². The first-order chi connectivity index (χ1) is 26.4. The Balaban J connectivity index is 1.25. The lowest BCUT2D eigenvalue weighted by Gasteiger charge is -2.37. The number of benzene rings is 1. The lowest BCUT2D eigenvalue weighted by atomic mass is 9.84. The van der Waals surface area contributed by atoms with Gasteiger partial charge in [-0.15, -0.1) is 4.52 Å². The summed E-state index contributed by atoms with van der Waals surface area (Å²) in [6.07, 6.45) is 0.423. The molecule has 56 heavy (non-hydrogen) atoms. The molecule has 0 radical (unpaired) electrons. The number of carbonyl (C=O) groups excluding carboxylic acids is 3. The standard InChI is InChI=1S/C36H45N3O15P2/c1-6-23-24-11-10-21(50-20-30(40)37-12-8-9-13-49-17-22(54-55(44)45)18-52-56(46,47)48)14-28(24)38-31-25(23)16-39-29(31)15-27-26(32(39)41)19-51-34(43)36(27,7-2)53-33(42)35(3,4)5/h10-11,14-15,22H,6-9,12-13,16-20H2,1-5H3,(H,37,40)(H2,46,47,48)/t22?,36-/m0/s1. The van der Waals surface area contributed by atoms with Gasteiger partial charge in [-0.25, -0.2) is 14.3 Å². The number of phosphoric acid groups is 1. The Hall–Kier alpha value is -4.12. The summed E-state index contributed by atoms with van der Waals surface area (Å²) in [7, 11) is -8.11. The van der Waals surface area contributed by atoms with Gasteiger partial charge in [-0.1, -0.05) is 13.8 Å². The monoisotopic (exact) mass is 821 g/mol. The van der Waals surface area contributed by atoms with Gasteiger partial charge in [0, 0.05) is 35.7 Å².